The van der Waals surface area contributed by atoms with Gasteiger partial charge >= 0.3 is 6.18 Å². The van der Waals surface area contributed by atoms with Crippen LogP contribution in [-0.2, 0) is 13.2 Å². The molecular formula is C25H23F3N+. The number of hydrogen-bond acceptors (Lipinski definition) is 0. The predicted molar refractivity (Wildman–Crippen MR) is 112 cm³/mol. The van der Waals surface area contributed by atoms with Gasteiger partial charge in [-0.05, 0) is 54.8 Å². The highest BCUT2D eigenvalue weighted by atomic mass is 19.4. The van der Waals surface area contributed by atoms with Crippen LogP contribution in [0.1, 0.15) is 29.3 Å². The van der Waals surface area contributed by atoms with Crippen molar-refractivity contribution in [1.82, 2.24) is 0 Å². The van der Waals surface area contributed by atoms with Gasteiger partial charge in [0.15, 0.2) is 5.69 Å². The third-order valence-corrected chi connectivity index (χ3v) is 5.80. The Hall–Kier alpha value is -2.88. The van der Waals surface area contributed by atoms with Crippen molar-refractivity contribution >= 4 is 21.5 Å². The first kappa shape index (κ1) is 18.2. The monoisotopic (exact) mass is 395 g/mol. The molecule has 0 spiro atoms. The third-order valence-electron chi connectivity index (χ3n) is 5.80. The molecule has 0 radical (unpaired) electrons. The molecule has 4 heteroatoms. The van der Waals surface area contributed by atoms with Crippen LogP contribution in [0.15, 0.2) is 48.5 Å². The van der Waals surface area contributed by atoms with Gasteiger partial charge in [-0.25, -0.2) is 0 Å². The molecule has 0 aliphatic rings. The van der Waals surface area contributed by atoms with Crippen molar-refractivity contribution in [3.8, 4) is 11.3 Å². The molecule has 29 heavy (non-hydrogen) atoms. The van der Waals surface area contributed by atoms with Crippen LogP contribution in [0, 0.1) is 27.7 Å². The molecule has 4 aromatic rings. The van der Waals surface area contributed by atoms with Crippen LogP contribution in [-0.4, -0.2) is 0 Å². The Morgan fingerprint density at radius 1 is 0.931 bits per heavy atom. The smallest absolute Gasteiger partial charge is 0.198 e. The molecule has 0 saturated carbocycles. The second-order valence-electron chi connectivity index (χ2n) is 7.77. The van der Waals surface area contributed by atoms with Gasteiger partial charge in [0.25, 0.3) is 0 Å². The summed E-state index contributed by atoms with van der Waals surface area (Å²) in [6.07, 6.45) is -4.56. The van der Waals surface area contributed by atoms with E-state index in [2.05, 4.69) is 6.07 Å². The number of rotatable bonds is 1. The molecule has 0 fully saturated rings. The fourth-order valence-corrected chi connectivity index (χ4v) is 4.15. The van der Waals surface area contributed by atoms with Crippen molar-refractivity contribution in [1.29, 1.82) is 0 Å². The van der Waals surface area contributed by atoms with Gasteiger partial charge in [-0.15, -0.1) is 0 Å². The first-order valence-electron chi connectivity index (χ1n) is 10.0. The topological polar surface area (TPSA) is 3.88 Å². The highest BCUT2D eigenvalue weighted by Gasteiger charge is 2.35. The van der Waals surface area contributed by atoms with E-state index in [0.29, 0.717) is 22.2 Å². The van der Waals surface area contributed by atoms with Gasteiger partial charge in [-0.3, -0.25) is 0 Å². The zero-order valence-electron chi connectivity index (χ0n) is 18.1. The lowest BCUT2D eigenvalue weighted by Crippen LogP contribution is -2.35. The van der Waals surface area contributed by atoms with E-state index < -0.39 is 11.7 Å². The first-order valence-corrected chi connectivity index (χ1v) is 9.52. The van der Waals surface area contributed by atoms with E-state index in [-0.39, 0.29) is 11.4 Å². The van der Waals surface area contributed by atoms with Crippen molar-refractivity contribution in [3.05, 3.63) is 76.5 Å². The van der Waals surface area contributed by atoms with Crippen LogP contribution < -0.4 is 4.57 Å². The number of nitrogens with zero attached hydrogens (tertiary/aromatic N) is 1. The van der Waals surface area contributed by atoms with Crippen LogP contribution >= 0.6 is 0 Å². The number of halogens is 3. The molecule has 4 rings (SSSR count). The minimum atomic E-state index is -4.56. The first-order chi connectivity index (χ1) is 14.0. The van der Waals surface area contributed by atoms with E-state index in [1.54, 1.807) is 19.1 Å². The minimum Gasteiger partial charge on any atom is -0.198 e. The summed E-state index contributed by atoms with van der Waals surface area (Å²) >= 11 is 0. The molecule has 1 nitrogen and oxygen atoms in total. The second kappa shape index (κ2) is 6.58. The van der Waals surface area contributed by atoms with Gasteiger partial charge < -0.3 is 0 Å². The summed E-state index contributed by atoms with van der Waals surface area (Å²) in [5, 5.41) is 1.68. The molecule has 0 bridgehead atoms. The van der Waals surface area contributed by atoms with E-state index in [0.717, 1.165) is 27.6 Å². The molecule has 1 heterocycles. The lowest BCUT2D eigenvalue weighted by molar-refractivity contribution is -0.665. The number of pyridine rings is 1. The molecular weight excluding hydrogens is 371 g/mol. The molecule has 0 N–H and O–H groups in total. The molecule has 3 aromatic carbocycles. The molecule has 0 saturated heterocycles. The quantitative estimate of drug-likeness (QED) is 0.248. The number of fused-ring (bicyclic) bond motifs is 3. The van der Waals surface area contributed by atoms with Crippen molar-refractivity contribution in [2.45, 2.75) is 33.9 Å². The zero-order chi connectivity index (χ0) is 22.0. The summed E-state index contributed by atoms with van der Waals surface area (Å²) in [5.41, 5.74) is 4.51. The Bertz CT molecular complexity index is 1340. The summed E-state index contributed by atoms with van der Waals surface area (Å²) in [5.74, 6) is 0. The standard InChI is InChI=1S/C25H23F3N/c1-14-10-15(2)17(4)20(11-14)24-23-19-9-7-6-8-18(19)13-22(25(26,27)28)21(23)12-16(3)29(24)5/h6-13H,1-5H3/q+1/i12D. The Balaban J connectivity index is 2.38. The minimum absolute atomic E-state index is 0.0367. The number of aryl methyl sites for hydroxylation is 2. The fraction of sp³-hybridized carbons (Fsp3) is 0.240. The second-order valence-corrected chi connectivity index (χ2v) is 7.77. The van der Waals surface area contributed by atoms with E-state index in [9.17, 15) is 13.2 Å². The lowest BCUT2D eigenvalue weighted by atomic mass is 9.90. The summed E-state index contributed by atoms with van der Waals surface area (Å²) in [4.78, 5) is 0. The Labute approximate surface area is 169 Å². The maximum atomic E-state index is 14.1. The van der Waals surface area contributed by atoms with Crippen LogP contribution in [0.4, 0.5) is 13.2 Å². The average molecular weight is 395 g/mol. The van der Waals surface area contributed by atoms with Crippen molar-refractivity contribution < 1.29 is 19.1 Å². The summed E-state index contributed by atoms with van der Waals surface area (Å²) in [6.45, 7) is 7.70. The predicted octanol–water partition coefficient (Wildman–Crippen LogP) is 6.74. The van der Waals surface area contributed by atoms with Gasteiger partial charge in [0.1, 0.15) is 7.05 Å². The molecule has 0 aliphatic carbocycles. The molecule has 148 valence electrons. The maximum Gasteiger partial charge on any atom is 0.417 e. The van der Waals surface area contributed by atoms with Gasteiger partial charge in [-0.2, -0.15) is 17.7 Å². The molecule has 0 unspecified atom stereocenters. The normalized spacial score (nSPS) is 12.6. The van der Waals surface area contributed by atoms with Crippen LogP contribution in [0.2, 0.25) is 0 Å². The van der Waals surface area contributed by atoms with Gasteiger partial charge in [0, 0.05) is 18.4 Å². The number of benzene rings is 3. The van der Waals surface area contributed by atoms with E-state index in [4.69, 9.17) is 1.37 Å². The lowest BCUT2D eigenvalue weighted by Gasteiger charge is -2.17. The zero-order valence-corrected chi connectivity index (χ0v) is 17.1. The molecule has 0 aliphatic heterocycles. The van der Waals surface area contributed by atoms with Gasteiger partial charge in [-0.1, -0.05) is 35.9 Å². The summed E-state index contributed by atoms with van der Waals surface area (Å²) in [6, 6.07) is 12.3. The van der Waals surface area contributed by atoms with Gasteiger partial charge in [0.2, 0.25) is 5.69 Å². The van der Waals surface area contributed by atoms with Crippen molar-refractivity contribution in [2.24, 2.45) is 7.05 Å². The van der Waals surface area contributed by atoms with Crippen molar-refractivity contribution in [2.75, 3.05) is 0 Å². The fourth-order valence-electron chi connectivity index (χ4n) is 4.15. The Morgan fingerprint density at radius 2 is 1.62 bits per heavy atom. The van der Waals surface area contributed by atoms with Crippen molar-refractivity contribution in [3.63, 3.8) is 0 Å². The molecule has 1 aromatic heterocycles. The van der Waals surface area contributed by atoms with Gasteiger partial charge in [0.05, 0.1) is 17.9 Å². The number of aromatic nitrogens is 1. The number of alkyl halides is 3. The summed E-state index contributed by atoms with van der Waals surface area (Å²) in [7, 11) is 1.83. The average Bonchev–Trinajstić information content (AvgIpc) is 2.68. The van der Waals surface area contributed by atoms with E-state index in [1.807, 2.05) is 50.6 Å². The highest BCUT2D eigenvalue weighted by Crippen LogP contribution is 2.42. The van der Waals surface area contributed by atoms with Crippen LogP contribution in [0.25, 0.3) is 32.8 Å². The highest BCUT2D eigenvalue weighted by molar-refractivity contribution is 6.14. The third kappa shape index (κ3) is 3.07. The maximum absolute atomic E-state index is 14.1. The summed E-state index contributed by atoms with van der Waals surface area (Å²) < 4.78 is 52.8. The Kier molecular flexibility index (Phi) is 4.12. The SMILES string of the molecule is [2H]c1c(C)[n+](C)c(-c2cc(C)cc(C)c2C)c2c1c(C(F)(F)F)cc1ccccc12. The molecule has 0 amide bonds. The number of hydrogen-bond donors (Lipinski definition) is 0. The van der Waals surface area contributed by atoms with E-state index in [1.165, 1.54) is 6.07 Å². The largest absolute Gasteiger partial charge is 0.417 e. The van der Waals surface area contributed by atoms with Crippen LogP contribution in [0.3, 0.4) is 0 Å². The van der Waals surface area contributed by atoms with Crippen LogP contribution in [0.5, 0.6) is 0 Å². The Morgan fingerprint density at radius 3 is 2.31 bits per heavy atom. The van der Waals surface area contributed by atoms with E-state index >= 15 is 0 Å². The molecule has 0 atom stereocenters.